The maximum Gasteiger partial charge on any atom is 0.333 e. The van der Waals surface area contributed by atoms with Crippen LogP contribution in [-0.4, -0.2) is 70.4 Å². The van der Waals surface area contributed by atoms with E-state index in [0.717, 1.165) is 24.3 Å². The van der Waals surface area contributed by atoms with Gasteiger partial charge in [0.1, 0.15) is 37.8 Å². The molecule has 36 heavy (non-hydrogen) atoms. The van der Waals surface area contributed by atoms with Crippen LogP contribution in [0.2, 0.25) is 0 Å². The van der Waals surface area contributed by atoms with Gasteiger partial charge in [0.05, 0.1) is 31.8 Å². The van der Waals surface area contributed by atoms with Crippen molar-refractivity contribution < 1.29 is 38.0 Å². The summed E-state index contributed by atoms with van der Waals surface area (Å²) < 4.78 is 30.3. The van der Waals surface area contributed by atoms with Gasteiger partial charge in [-0.1, -0.05) is 44.9 Å². The molecule has 3 heterocycles. The summed E-state index contributed by atoms with van der Waals surface area (Å²) in [5.74, 6) is 0.247. The van der Waals surface area contributed by atoms with E-state index in [1.807, 2.05) is 30.3 Å². The Hall–Kier alpha value is -2.94. The molecule has 4 rings (SSSR count). The van der Waals surface area contributed by atoms with Crippen molar-refractivity contribution in [3.05, 3.63) is 60.7 Å². The second-order valence-electron chi connectivity index (χ2n) is 9.08. The SMILES string of the molecule is C=C(C)C(=O)OCC1(CC)COC1.C=C(C)C(=O)OCC1CO1.C=Cc1ccc(OCC2CO2)cc1. The van der Waals surface area contributed by atoms with E-state index in [-0.39, 0.29) is 23.5 Å². The van der Waals surface area contributed by atoms with Crippen LogP contribution in [0, 0.1) is 5.41 Å². The molecule has 0 saturated carbocycles. The van der Waals surface area contributed by atoms with Gasteiger partial charge in [-0.3, -0.25) is 0 Å². The van der Waals surface area contributed by atoms with Crippen molar-refractivity contribution in [1.29, 1.82) is 0 Å². The second-order valence-corrected chi connectivity index (χ2v) is 9.08. The number of carbonyl (C=O) groups excluding carboxylic acids is 2. The Morgan fingerprint density at radius 1 is 0.972 bits per heavy atom. The molecule has 8 heteroatoms. The number of hydrogen-bond acceptors (Lipinski definition) is 8. The average Bonchev–Trinajstić information content (AvgIpc) is 3.77. The zero-order valence-electron chi connectivity index (χ0n) is 21.6. The van der Waals surface area contributed by atoms with Crippen molar-refractivity contribution in [3.8, 4) is 5.75 Å². The lowest BCUT2D eigenvalue weighted by Gasteiger charge is -2.39. The first-order chi connectivity index (χ1) is 17.2. The summed E-state index contributed by atoms with van der Waals surface area (Å²) in [6, 6.07) is 7.85. The lowest BCUT2D eigenvalue weighted by molar-refractivity contribution is -0.167. The predicted octanol–water partition coefficient (Wildman–Crippen LogP) is 4.14. The first-order valence-corrected chi connectivity index (χ1v) is 12.0. The van der Waals surface area contributed by atoms with E-state index in [0.29, 0.717) is 56.9 Å². The summed E-state index contributed by atoms with van der Waals surface area (Å²) in [6.45, 7) is 20.4. The average molecular weight is 503 g/mol. The molecule has 2 unspecified atom stereocenters. The first kappa shape index (κ1) is 29.3. The van der Waals surface area contributed by atoms with Gasteiger partial charge in [0, 0.05) is 11.1 Å². The van der Waals surface area contributed by atoms with E-state index in [4.69, 9.17) is 28.4 Å². The van der Waals surface area contributed by atoms with Crippen molar-refractivity contribution >= 4 is 18.0 Å². The second kappa shape index (κ2) is 14.6. The van der Waals surface area contributed by atoms with Crippen LogP contribution < -0.4 is 4.74 Å². The molecule has 198 valence electrons. The highest BCUT2D eigenvalue weighted by Gasteiger charge is 2.38. The lowest BCUT2D eigenvalue weighted by Crippen LogP contribution is -2.46. The van der Waals surface area contributed by atoms with Crippen LogP contribution in [0.3, 0.4) is 0 Å². The summed E-state index contributed by atoms with van der Waals surface area (Å²) >= 11 is 0. The van der Waals surface area contributed by atoms with Gasteiger partial charge in [-0.25, -0.2) is 9.59 Å². The van der Waals surface area contributed by atoms with E-state index >= 15 is 0 Å². The minimum absolute atomic E-state index is 0.0745. The standard InChI is InChI=1S/C11H12O2.C10H16O3.C7H10O3/c1-2-9-3-5-10(6-4-9)12-7-11-8-13-11;1-4-10(5-12-6-10)7-13-9(11)8(2)3;1-5(2)7(8)10-4-6-3-9-6/h2-6,11H,1,7-8H2;2,4-7H2,1,3H3;6H,1,3-4H2,2H3. The summed E-state index contributed by atoms with van der Waals surface area (Å²) in [5.41, 5.74) is 2.06. The highest BCUT2D eigenvalue weighted by atomic mass is 16.6. The highest BCUT2D eigenvalue weighted by Crippen LogP contribution is 2.31. The molecule has 3 aliphatic rings. The van der Waals surface area contributed by atoms with Gasteiger partial charge < -0.3 is 28.4 Å². The quantitative estimate of drug-likeness (QED) is 0.253. The van der Waals surface area contributed by atoms with E-state index in [1.165, 1.54) is 0 Å². The topological polar surface area (TPSA) is 96.1 Å². The Labute approximate surface area is 213 Å². The zero-order valence-corrected chi connectivity index (χ0v) is 21.6. The van der Waals surface area contributed by atoms with Crippen LogP contribution in [0.25, 0.3) is 6.08 Å². The van der Waals surface area contributed by atoms with Crippen molar-refractivity contribution in [2.24, 2.45) is 5.41 Å². The van der Waals surface area contributed by atoms with E-state index < -0.39 is 0 Å². The van der Waals surface area contributed by atoms with Crippen LogP contribution in [0.5, 0.6) is 5.75 Å². The highest BCUT2D eigenvalue weighted by molar-refractivity contribution is 5.87. The van der Waals surface area contributed by atoms with Crippen LogP contribution in [-0.2, 0) is 33.3 Å². The van der Waals surface area contributed by atoms with E-state index in [9.17, 15) is 9.59 Å². The van der Waals surface area contributed by atoms with E-state index in [1.54, 1.807) is 13.8 Å². The number of rotatable bonds is 11. The fraction of sp³-hybridized carbons (Fsp3) is 0.500. The molecule has 3 fully saturated rings. The van der Waals surface area contributed by atoms with Crippen LogP contribution in [0.4, 0.5) is 0 Å². The van der Waals surface area contributed by atoms with Gasteiger partial charge in [0.2, 0.25) is 0 Å². The monoisotopic (exact) mass is 502 g/mol. The van der Waals surface area contributed by atoms with Crippen molar-refractivity contribution in [2.75, 3.05) is 46.2 Å². The number of benzene rings is 1. The Morgan fingerprint density at radius 3 is 1.92 bits per heavy atom. The molecular formula is C28H38O8. The van der Waals surface area contributed by atoms with E-state index in [2.05, 4.69) is 26.7 Å². The van der Waals surface area contributed by atoms with Crippen molar-refractivity contribution in [2.45, 2.75) is 39.4 Å². The fourth-order valence-electron chi connectivity index (χ4n) is 2.63. The lowest BCUT2D eigenvalue weighted by atomic mass is 9.84. The zero-order chi connectivity index (χ0) is 26.6. The third kappa shape index (κ3) is 11.2. The molecule has 0 aliphatic carbocycles. The minimum Gasteiger partial charge on any atom is -0.491 e. The largest absolute Gasteiger partial charge is 0.491 e. The maximum atomic E-state index is 11.1. The van der Waals surface area contributed by atoms with Gasteiger partial charge in [-0.05, 0) is 38.0 Å². The molecule has 0 aromatic heterocycles. The number of esters is 2. The van der Waals surface area contributed by atoms with Gasteiger partial charge in [-0.2, -0.15) is 0 Å². The molecule has 8 nitrogen and oxygen atoms in total. The molecule has 0 N–H and O–H groups in total. The molecule has 0 bridgehead atoms. The third-order valence-corrected chi connectivity index (χ3v) is 5.53. The molecule has 0 amide bonds. The van der Waals surface area contributed by atoms with Crippen LogP contribution >= 0.6 is 0 Å². The van der Waals surface area contributed by atoms with Crippen molar-refractivity contribution in [1.82, 2.24) is 0 Å². The molecule has 1 aromatic rings. The van der Waals surface area contributed by atoms with Gasteiger partial charge in [0.25, 0.3) is 0 Å². The molecule has 2 atom stereocenters. The molecular weight excluding hydrogens is 464 g/mol. The summed E-state index contributed by atoms with van der Waals surface area (Å²) in [6.07, 6.45) is 3.26. The minimum atomic E-state index is -0.337. The Bertz CT molecular complexity index is 887. The number of hydrogen-bond donors (Lipinski definition) is 0. The van der Waals surface area contributed by atoms with Gasteiger partial charge in [-0.15, -0.1) is 0 Å². The Morgan fingerprint density at radius 2 is 1.50 bits per heavy atom. The molecule has 1 aromatic carbocycles. The Balaban J connectivity index is 0.000000192. The molecule has 3 saturated heterocycles. The van der Waals surface area contributed by atoms with Crippen molar-refractivity contribution in [3.63, 3.8) is 0 Å². The van der Waals surface area contributed by atoms with Crippen LogP contribution in [0.1, 0.15) is 32.8 Å². The maximum absolute atomic E-state index is 11.1. The Kier molecular flexibility index (Phi) is 11.9. The summed E-state index contributed by atoms with van der Waals surface area (Å²) in [5, 5.41) is 0. The fourth-order valence-corrected chi connectivity index (χ4v) is 2.63. The summed E-state index contributed by atoms with van der Waals surface area (Å²) in [4.78, 5) is 21.8. The molecule has 3 aliphatic heterocycles. The molecule has 0 radical (unpaired) electrons. The summed E-state index contributed by atoms with van der Waals surface area (Å²) in [7, 11) is 0. The first-order valence-electron chi connectivity index (χ1n) is 12.0. The molecule has 0 spiro atoms. The van der Waals surface area contributed by atoms with Crippen LogP contribution in [0.15, 0.2) is 55.1 Å². The number of carbonyl (C=O) groups is 2. The number of epoxide rings is 2. The predicted molar refractivity (Wildman–Crippen MR) is 137 cm³/mol. The number of ether oxygens (including phenoxy) is 6. The smallest absolute Gasteiger partial charge is 0.333 e. The third-order valence-electron chi connectivity index (χ3n) is 5.53. The normalized spacial score (nSPS) is 20.0. The van der Waals surface area contributed by atoms with Gasteiger partial charge >= 0.3 is 11.9 Å². The van der Waals surface area contributed by atoms with Gasteiger partial charge in [0.15, 0.2) is 0 Å².